The summed E-state index contributed by atoms with van der Waals surface area (Å²) in [5.74, 6) is 0.0373. The summed E-state index contributed by atoms with van der Waals surface area (Å²) in [6, 6.07) is 14.1. The minimum atomic E-state index is 0.0373. The summed E-state index contributed by atoms with van der Waals surface area (Å²) in [7, 11) is 4.06. The molecule has 0 spiro atoms. The van der Waals surface area contributed by atoms with E-state index in [0.717, 1.165) is 11.3 Å². The van der Waals surface area contributed by atoms with E-state index in [1.807, 2.05) is 56.7 Å². The van der Waals surface area contributed by atoms with E-state index < -0.39 is 0 Å². The highest BCUT2D eigenvalue weighted by Gasteiger charge is 2.16. The lowest BCUT2D eigenvalue weighted by atomic mass is 10.1. The molecule has 2 heterocycles. The van der Waals surface area contributed by atoms with E-state index in [0.29, 0.717) is 13.0 Å². The lowest BCUT2D eigenvalue weighted by molar-refractivity contribution is -0.120. The maximum absolute atomic E-state index is 12.3. The molecule has 0 aliphatic carbocycles. The predicted molar refractivity (Wildman–Crippen MR) is 101 cm³/mol. The van der Waals surface area contributed by atoms with Crippen LogP contribution in [0.5, 0.6) is 0 Å². The van der Waals surface area contributed by atoms with Gasteiger partial charge >= 0.3 is 0 Å². The van der Waals surface area contributed by atoms with E-state index in [1.165, 1.54) is 4.88 Å². The third-order valence-electron chi connectivity index (χ3n) is 4.06. The van der Waals surface area contributed by atoms with Gasteiger partial charge in [-0.2, -0.15) is 5.10 Å². The number of carbonyl (C=O) groups is 1. The second-order valence-electron chi connectivity index (χ2n) is 6.09. The second-order valence-corrected chi connectivity index (χ2v) is 7.07. The number of rotatable bonds is 7. The molecule has 1 N–H and O–H groups in total. The Morgan fingerprint density at radius 1 is 1.24 bits per heavy atom. The molecule has 25 heavy (non-hydrogen) atoms. The Labute approximate surface area is 151 Å². The second kappa shape index (κ2) is 8.09. The first-order valence-electron chi connectivity index (χ1n) is 8.19. The van der Waals surface area contributed by atoms with Crippen LogP contribution in [0.3, 0.4) is 0 Å². The standard InChI is InChI=1S/C19H22N4OS/c1-22(2)17(18-5-3-12-25-18)14-20-19(24)13-15-6-8-16(9-7-15)23-11-4-10-21-23/h3-12,17H,13-14H2,1-2H3,(H,20,24)/t17-/m1/s1. The molecule has 2 aromatic heterocycles. The van der Waals surface area contributed by atoms with E-state index in [9.17, 15) is 4.79 Å². The zero-order chi connectivity index (χ0) is 17.6. The van der Waals surface area contributed by atoms with Gasteiger partial charge in [0.15, 0.2) is 0 Å². The monoisotopic (exact) mass is 354 g/mol. The van der Waals surface area contributed by atoms with Crippen molar-refractivity contribution < 1.29 is 4.79 Å². The summed E-state index contributed by atoms with van der Waals surface area (Å²) in [6.07, 6.45) is 4.02. The maximum atomic E-state index is 12.3. The van der Waals surface area contributed by atoms with Crippen LogP contribution in [-0.4, -0.2) is 41.2 Å². The molecule has 6 heteroatoms. The first-order chi connectivity index (χ1) is 12.1. The minimum Gasteiger partial charge on any atom is -0.354 e. The van der Waals surface area contributed by atoms with Crippen molar-refractivity contribution in [3.05, 3.63) is 70.7 Å². The van der Waals surface area contributed by atoms with Crippen LogP contribution in [0.4, 0.5) is 0 Å². The Bertz CT molecular complexity index is 779. The van der Waals surface area contributed by atoms with Crippen molar-refractivity contribution in [1.29, 1.82) is 0 Å². The van der Waals surface area contributed by atoms with Gasteiger partial charge in [0, 0.05) is 23.8 Å². The van der Waals surface area contributed by atoms with Gasteiger partial charge in [0.1, 0.15) is 0 Å². The predicted octanol–water partition coefficient (Wildman–Crippen LogP) is 2.90. The first-order valence-corrected chi connectivity index (χ1v) is 9.07. The van der Waals surface area contributed by atoms with Crippen LogP contribution in [-0.2, 0) is 11.2 Å². The van der Waals surface area contributed by atoms with Gasteiger partial charge in [0.25, 0.3) is 0 Å². The maximum Gasteiger partial charge on any atom is 0.224 e. The SMILES string of the molecule is CN(C)[C@H](CNC(=O)Cc1ccc(-n2cccn2)cc1)c1cccs1. The van der Waals surface area contributed by atoms with Crippen molar-refractivity contribution in [3.8, 4) is 5.69 Å². The van der Waals surface area contributed by atoms with Crippen molar-refractivity contribution in [2.75, 3.05) is 20.6 Å². The molecule has 0 fully saturated rings. The number of aromatic nitrogens is 2. The fourth-order valence-corrected chi connectivity index (χ4v) is 3.59. The smallest absolute Gasteiger partial charge is 0.224 e. The molecule has 3 rings (SSSR count). The number of likely N-dealkylation sites (N-methyl/N-ethyl adjacent to an activating group) is 1. The van der Waals surface area contributed by atoms with Crippen molar-refractivity contribution >= 4 is 17.2 Å². The fourth-order valence-electron chi connectivity index (χ4n) is 2.67. The van der Waals surface area contributed by atoms with Crippen molar-refractivity contribution in [2.24, 2.45) is 0 Å². The van der Waals surface area contributed by atoms with Crippen LogP contribution in [0.25, 0.3) is 5.69 Å². The molecule has 0 unspecified atom stereocenters. The lowest BCUT2D eigenvalue weighted by Gasteiger charge is -2.23. The lowest BCUT2D eigenvalue weighted by Crippen LogP contribution is -2.34. The summed E-state index contributed by atoms with van der Waals surface area (Å²) in [6.45, 7) is 0.609. The topological polar surface area (TPSA) is 50.2 Å². The molecule has 0 bridgehead atoms. The third kappa shape index (κ3) is 4.55. The van der Waals surface area contributed by atoms with Crippen molar-refractivity contribution in [1.82, 2.24) is 20.0 Å². The van der Waals surface area contributed by atoms with Gasteiger partial charge in [0.05, 0.1) is 18.2 Å². The first kappa shape index (κ1) is 17.4. The molecule has 3 aromatic rings. The minimum absolute atomic E-state index is 0.0373. The molecule has 0 aliphatic heterocycles. The van der Waals surface area contributed by atoms with Crippen LogP contribution < -0.4 is 5.32 Å². The highest BCUT2D eigenvalue weighted by Crippen LogP contribution is 2.22. The molecule has 0 saturated heterocycles. The van der Waals surface area contributed by atoms with Gasteiger partial charge < -0.3 is 10.2 Å². The Balaban J connectivity index is 1.55. The summed E-state index contributed by atoms with van der Waals surface area (Å²) >= 11 is 1.71. The van der Waals surface area contributed by atoms with E-state index in [2.05, 4.69) is 26.8 Å². The Hall–Kier alpha value is -2.44. The normalized spacial score (nSPS) is 12.3. The van der Waals surface area contributed by atoms with Gasteiger partial charge in [-0.15, -0.1) is 11.3 Å². The molecule has 0 saturated carbocycles. The Kier molecular flexibility index (Phi) is 5.63. The average molecular weight is 354 g/mol. The van der Waals surface area contributed by atoms with E-state index in [4.69, 9.17) is 0 Å². The molecule has 5 nitrogen and oxygen atoms in total. The summed E-state index contributed by atoms with van der Waals surface area (Å²) < 4.78 is 1.80. The Morgan fingerprint density at radius 3 is 2.64 bits per heavy atom. The van der Waals surface area contributed by atoms with Crippen LogP contribution >= 0.6 is 11.3 Å². The number of carbonyl (C=O) groups excluding carboxylic acids is 1. The third-order valence-corrected chi connectivity index (χ3v) is 5.03. The van der Waals surface area contributed by atoms with Crippen LogP contribution in [0.2, 0.25) is 0 Å². The summed E-state index contributed by atoms with van der Waals surface area (Å²) in [5, 5.41) is 9.32. The number of nitrogens with zero attached hydrogens (tertiary/aromatic N) is 3. The molecule has 1 aromatic carbocycles. The summed E-state index contributed by atoms with van der Waals surface area (Å²) in [5.41, 5.74) is 1.98. The van der Waals surface area contributed by atoms with Gasteiger partial charge in [-0.1, -0.05) is 18.2 Å². The quantitative estimate of drug-likeness (QED) is 0.710. The summed E-state index contributed by atoms with van der Waals surface area (Å²) in [4.78, 5) is 15.7. The van der Waals surface area contributed by atoms with E-state index in [1.54, 1.807) is 22.2 Å². The van der Waals surface area contributed by atoms with Crippen LogP contribution in [0, 0.1) is 0 Å². The molecule has 0 aliphatic rings. The fraction of sp³-hybridized carbons (Fsp3) is 0.263. The molecule has 0 radical (unpaired) electrons. The van der Waals surface area contributed by atoms with Crippen LogP contribution in [0.1, 0.15) is 16.5 Å². The number of hydrogen-bond acceptors (Lipinski definition) is 4. The van der Waals surface area contributed by atoms with Gasteiger partial charge in [-0.05, 0) is 49.3 Å². The number of thiophene rings is 1. The Morgan fingerprint density at radius 2 is 2.04 bits per heavy atom. The van der Waals surface area contributed by atoms with Gasteiger partial charge in [-0.25, -0.2) is 4.68 Å². The zero-order valence-corrected chi connectivity index (χ0v) is 15.2. The average Bonchev–Trinajstić information content (AvgIpc) is 3.29. The van der Waals surface area contributed by atoms with E-state index in [-0.39, 0.29) is 11.9 Å². The van der Waals surface area contributed by atoms with Crippen molar-refractivity contribution in [2.45, 2.75) is 12.5 Å². The molecule has 1 atom stereocenters. The number of benzene rings is 1. The van der Waals surface area contributed by atoms with E-state index >= 15 is 0 Å². The molecule has 1 amide bonds. The number of amides is 1. The largest absolute Gasteiger partial charge is 0.354 e. The van der Waals surface area contributed by atoms with Gasteiger partial charge in [0.2, 0.25) is 5.91 Å². The number of hydrogen-bond donors (Lipinski definition) is 1. The highest BCUT2D eigenvalue weighted by atomic mass is 32.1. The van der Waals surface area contributed by atoms with Gasteiger partial charge in [-0.3, -0.25) is 4.79 Å². The molecular weight excluding hydrogens is 332 g/mol. The van der Waals surface area contributed by atoms with Crippen molar-refractivity contribution in [3.63, 3.8) is 0 Å². The zero-order valence-electron chi connectivity index (χ0n) is 14.4. The molecular formula is C19H22N4OS. The number of nitrogens with one attached hydrogen (secondary N) is 1. The highest BCUT2D eigenvalue weighted by molar-refractivity contribution is 7.10. The van der Waals surface area contributed by atoms with Crippen LogP contribution in [0.15, 0.2) is 60.2 Å². The molecule has 130 valence electrons.